The van der Waals surface area contributed by atoms with E-state index in [0.717, 1.165) is 29.5 Å². The average molecular weight is 644 g/mol. The zero-order chi connectivity index (χ0) is 33.3. The highest BCUT2D eigenvalue weighted by Gasteiger charge is 2.35. The molecule has 0 saturated heterocycles. The molecule has 0 N–H and O–H groups in total. The van der Waals surface area contributed by atoms with Gasteiger partial charge in [-0.15, -0.1) is 0 Å². The van der Waals surface area contributed by atoms with Crippen LogP contribution in [0, 0.1) is 0 Å². The van der Waals surface area contributed by atoms with Gasteiger partial charge < -0.3 is 0 Å². The Morgan fingerprint density at radius 3 is 1.58 bits per heavy atom. The second kappa shape index (κ2) is 12.8. The van der Waals surface area contributed by atoms with Gasteiger partial charge in [0.25, 0.3) is 0 Å². The molecule has 0 radical (unpaired) electrons. The van der Waals surface area contributed by atoms with Crippen LogP contribution in [0.2, 0.25) is 0 Å². The van der Waals surface area contributed by atoms with Crippen molar-refractivity contribution < 1.29 is 0 Å². The third-order valence-corrected chi connectivity index (χ3v) is 10.6. The minimum atomic E-state index is -0.0153. The lowest BCUT2D eigenvalue weighted by molar-refractivity contribution is 0.346. The van der Waals surface area contributed by atoms with Gasteiger partial charge in [-0.2, -0.15) is 0 Å². The lowest BCUT2D eigenvalue weighted by atomic mass is 9.65. The Kier molecular flexibility index (Phi) is 7.74. The van der Waals surface area contributed by atoms with Gasteiger partial charge in [0.05, 0.1) is 0 Å². The van der Waals surface area contributed by atoms with Crippen LogP contribution in [0.1, 0.15) is 43.2 Å². The summed E-state index contributed by atoms with van der Waals surface area (Å²) in [5.41, 5.74) is 8.25. The van der Waals surface area contributed by atoms with Crippen molar-refractivity contribution in [1.82, 2.24) is 15.0 Å². The summed E-state index contributed by atoms with van der Waals surface area (Å²) in [6.07, 6.45) is 6.05. The molecule has 1 aromatic heterocycles. The molecule has 0 unspecified atom stereocenters. The predicted octanol–water partition coefficient (Wildman–Crippen LogP) is 12.1. The van der Waals surface area contributed by atoms with Crippen LogP contribution in [0.4, 0.5) is 0 Å². The highest BCUT2D eigenvalue weighted by Crippen LogP contribution is 2.46. The fourth-order valence-corrected chi connectivity index (χ4v) is 7.96. The molecule has 9 rings (SSSR count). The zero-order valence-electron chi connectivity index (χ0n) is 28.0. The summed E-state index contributed by atoms with van der Waals surface area (Å²) in [4.78, 5) is 15.1. The van der Waals surface area contributed by atoms with E-state index in [4.69, 9.17) is 15.0 Å². The van der Waals surface area contributed by atoms with Crippen LogP contribution in [-0.2, 0) is 5.41 Å². The molecule has 8 aromatic rings. The molecule has 3 heteroatoms. The van der Waals surface area contributed by atoms with Gasteiger partial charge in [0.2, 0.25) is 0 Å². The van der Waals surface area contributed by atoms with Crippen molar-refractivity contribution in [1.29, 1.82) is 0 Å². The van der Waals surface area contributed by atoms with Crippen molar-refractivity contribution in [2.75, 3.05) is 0 Å². The maximum Gasteiger partial charge on any atom is 0.164 e. The molecule has 7 aromatic carbocycles. The van der Waals surface area contributed by atoms with Gasteiger partial charge in [0.1, 0.15) is 0 Å². The van der Waals surface area contributed by atoms with Gasteiger partial charge in [-0.1, -0.05) is 177 Å². The maximum absolute atomic E-state index is 5.06. The van der Waals surface area contributed by atoms with Crippen LogP contribution in [-0.4, -0.2) is 15.0 Å². The number of nitrogens with zero attached hydrogens (tertiary/aromatic N) is 3. The molecule has 1 saturated carbocycles. The van der Waals surface area contributed by atoms with Crippen molar-refractivity contribution in [3.63, 3.8) is 0 Å². The lowest BCUT2D eigenvalue weighted by Gasteiger charge is -2.39. The zero-order valence-corrected chi connectivity index (χ0v) is 28.0. The molecule has 3 nitrogen and oxygen atoms in total. The molecule has 0 aliphatic heterocycles. The Hall–Kier alpha value is -5.93. The van der Waals surface area contributed by atoms with E-state index >= 15 is 0 Å². The van der Waals surface area contributed by atoms with Crippen LogP contribution in [0.15, 0.2) is 164 Å². The molecule has 0 atom stereocenters. The Morgan fingerprint density at radius 1 is 0.360 bits per heavy atom. The van der Waals surface area contributed by atoms with Crippen molar-refractivity contribution in [3.8, 4) is 45.3 Å². The van der Waals surface area contributed by atoms with E-state index in [1.54, 1.807) is 0 Å². The number of hydrogen-bond donors (Lipinski definition) is 0. The van der Waals surface area contributed by atoms with Crippen molar-refractivity contribution in [2.45, 2.75) is 37.5 Å². The number of aromatic nitrogens is 3. The second-order valence-corrected chi connectivity index (χ2v) is 13.6. The summed E-state index contributed by atoms with van der Waals surface area (Å²) >= 11 is 0. The fraction of sp³-hybridized carbons (Fsp3) is 0.128. The number of hydrogen-bond acceptors (Lipinski definition) is 3. The third kappa shape index (κ3) is 5.55. The van der Waals surface area contributed by atoms with E-state index in [0.29, 0.717) is 17.5 Å². The summed E-state index contributed by atoms with van der Waals surface area (Å²) in [6, 6.07) is 58.8. The molecular formula is C47H37N3. The molecule has 50 heavy (non-hydrogen) atoms. The monoisotopic (exact) mass is 643 g/mol. The first-order chi connectivity index (χ1) is 24.7. The van der Waals surface area contributed by atoms with Gasteiger partial charge in [-0.25, -0.2) is 15.0 Å². The summed E-state index contributed by atoms with van der Waals surface area (Å²) in [5.74, 6) is 2.04. The van der Waals surface area contributed by atoms with Gasteiger partial charge in [-0.05, 0) is 62.7 Å². The molecular weight excluding hydrogens is 607 g/mol. The molecule has 240 valence electrons. The van der Waals surface area contributed by atoms with Gasteiger partial charge in [-0.3, -0.25) is 0 Å². The molecule has 0 spiro atoms. The summed E-state index contributed by atoms with van der Waals surface area (Å²) in [7, 11) is 0. The molecule has 1 aliphatic carbocycles. The summed E-state index contributed by atoms with van der Waals surface area (Å²) < 4.78 is 0. The van der Waals surface area contributed by atoms with Gasteiger partial charge in [0.15, 0.2) is 17.5 Å². The number of benzene rings is 7. The van der Waals surface area contributed by atoms with Gasteiger partial charge >= 0.3 is 0 Å². The van der Waals surface area contributed by atoms with Crippen molar-refractivity contribution >= 4 is 21.5 Å². The highest BCUT2D eigenvalue weighted by atomic mass is 15.0. The Labute approximate surface area is 293 Å². The van der Waals surface area contributed by atoms with E-state index < -0.39 is 0 Å². The number of fused-ring (bicyclic) bond motifs is 2. The van der Waals surface area contributed by atoms with Crippen molar-refractivity contribution in [3.05, 3.63) is 175 Å². The topological polar surface area (TPSA) is 38.7 Å². The third-order valence-electron chi connectivity index (χ3n) is 10.6. The normalized spacial score (nSPS) is 14.2. The molecule has 1 fully saturated rings. The predicted molar refractivity (Wildman–Crippen MR) is 207 cm³/mol. The minimum absolute atomic E-state index is 0.0153. The van der Waals surface area contributed by atoms with Crippen LogP contribution >= 0.6 is 0 Å². The quantitative estimate of drug-likeness (QED) is 0.181. The Bertz CT molecular complexity index is 2440. The minimum Gasteiger partial charge on any atom is -0.208 e. The Morgan fingerprint density at radius 2 is 0.880 bits per heavy atom. The fourth-order valence-electron chi connectivity index (χ4n) is 7.96. The van der Waals surface area contributed by atoms with E-state index in [9.17, 15) is 0 Å². The van der Waals surface area contributed by atoms with Gasteiger partial charge in [0, 0.05) is 22.1 Å². The molecule has 1 heterocycles. The SMILES string of the molecule is c1ccc(-c2nc(-c3ccc(C4(c5ccc(-c6cccc7ccccc67)cc5)CCCCC4)cc3)nc(-c3ccc4ccccc4c3)n2)cc1. The number of rotatable bonds is 6. The second-order valence-electron chi connectivity index (χ2n) is 13.6. The Balaban J connectivity index is 1.09. The van der Waals surface area contributed by atoms with Crippen LogP contribution in [0.5, 0.6) is 0 Å². The maximum atomic E-state index is 5.06. The van der Waals surface area contributed by atoms with Crippen LogP contribution in [0.3, 0.4) is 0 Å². The first kappa shape index (κ1) is 30.2. The standard InChI is InChI=1S/C47H37N3/c1-3-14-36(15-4-1)44-48-45(50-46(49-44)39-21-20-33-12-5-6-16-38(33)32-39)37-24-28-41(29-25-37)47(30-9-2-10-31-47)40-26-22-35(23-27-40)43-19-11-17-34-13-7-8-18-42(34)43/h1,3-8,11-29,32H,2,9-10,30-31H2. The van der Waals surface area contributed by atoms with E-state index in [1.165, 1.54) is 63.1 Å². The van der Waals surface area contributed by atoms with E-state index in [1.807, 2.05) is 18.2 Å². The lowest BCUT2D eigenvalue weighted by Crippen LogP contribution is -2.30. The molecule has 0 bridgehead atoms. The largest absolute Gasteiger partial charge is 0.208 e. The highest BCUT2D eigenvalue weighted by molar-refractivity contribution is 5.96. The van der Waals surface area contributed by atoms with Crippen LogP contribution < -0.4 is 0 Å². The first-order valence-corrected chi connectivity index (χ1v) is 17.7. The van der Waals surface area contributed by atoms with Crippen LogP contribution in [0.25, 0.3) is 66.8 Å². The van der Waals surface area contributed by atoms with Crippen molar-refractivity contribution in [2.24, 2.45) is 0 Å². The van der Waals surface area contributed by atoms with E-state index in [-0.39, 0.29) is 5.41 Å². The van der Waals surface area contributed by atoms with E-state index in [2.05, 4.69) is 146 Å². The summed E-state index contributed by atoms with van der Waals surface area (Å²) in [5, 5.41) is 4.93. The first-order valence-electron chi connectivity index (χ1n) is 17.7. The molecule has 1 aliphatic rings. The summed E-state index contributed by atoms with van der Waals surface area (Å²) in [6.45, 7) is 0. The molecule has 0 amide bonds. The smallest absolute Gasteiger partial charge is 0.164 e. The average Bonchev–Trinajstić information content (AvgIpc) is 3.21.